The minimum Gasteiger partial charge on any atom is -0.455 e. The monoisotopic (exact) mass is 929 g/mol. The third-order valence-electron chi connectivity index (χ3n) is 13.5. The zero-order chi connectivity index (χ0) is 47.5. The second-order valence-electron chi connectivity index (χ2n) is 17.5. The molecule has 2 bridgehead atoms. The van der Waals surface area contributed by atoms with Crippen LogP contribution in [0.5, 0.6) is 0 Å². The van der Waals surface area contributed by atoms with Gasteiger partial charge < -0.3 is 43.7 Å². The van der Waals surface area contributed by atoms with E-state index >= 15 is 4.79 Å². The van der Waals surface area contributed by atoms with E-state index in [0.717, 1.165) is 19.0 Å². The van der Waals surface area contributed by atoms with Crippen LogP contribution < -0.4 is 5.90 Å². The van der Waals surface area contributed by atoms with Crippen LogP contribution in [0.15, 0.2) is 71.8 Å². The summed E-state index contributed by atoms with van der Waals surface area (Å²) in [7, 11) is 0. The minimum absolute atomic E-state index is 0.0665. The van der Waals surface area contributed by atoms with E-state index in [1.54, 1.807) is 69.3 Å². The van der Waals surface area contributed by atoms with Gasteiger partial charge in [0.1, 0.15) is 30.0 Å². The number of rotatable bonds is 17. The maximum absolute atomic E-state index is 15.1. The first-order chi connectivity index (χ1) is 30.7. The highest BCUT2D eigenvalue weighted by atomic mass is 32.2. The number of hydrogen-bond acceptors (Lipinski definition) is 20. The molecule has 0 aromatic heterocycles. The van der Waals surface area contributed by atoms with Crippen molar-refractivity contribution in [2.24, 2.45) is 22.6 Å². The molecule has 2 saturated carbocycles. The SMILES string of the molecule is CC(=O)O[C@@]12CO[C@@H]1C[C@H](O)[C@@]1(C)C(=O)[C@H](O)C3=C(C)[C@@H](OC(=O)[C@H](OC(=O)COC(=O)CCCSOOON)[C@@H](C)c4ccccc4)C[C@@](O)(C(OC(=O)c4ccccc4)[C@H]21)C3(C)C. The van der Waals surface area contributed by atoms with Crippen molar-refractivity contribution < 1.29 is 86.9 Å². The smallest absolute Gasteiger partial charge is 0.348 e. The maximum atomic E-state index is 15.1. The first-order valence-corrected chi connectivity index (χ1v) is 22.0. The number of hydrogen-bond donors (Lipinski definition) is 4. The fraction of sp³-hybridized carbons (Fsp3) is 0.556. The van der Waals surface area contributed by atoms with Gasteiger partial charge in [-0.1, -0.05) is 69.3 Å². The largest absolute Gasteiger partial charge is 0.455 e. The van der Waals surface area contributed by atoms with Gasteiger partial charge in [-0.15, -0.1) is 9.32 Å². The minimum atomic E-state index is -2.38. The topological polar surface area (TPSA) is 272 Å². The van der Waals surface area contributed by atoms with Crippen molar-refractivity contribution in [3.05, 3.63) is 82.9 Å². The molecule has 2 aromatic rings. The van der Waals surface area contributed by atoms with Crippen LogP contribution in [0.3, 0.4) is 0 Å². The van der Waals surface area contributed by atoms with Crippen molar-refractivity contribution in [2.45, 2.75) is 121 Å². The van der Waals surface area contributed by atoms with Crippen molar-refractivity contribution in [3.8, 4) is 0 Å². The highest BCUT2D eigenvalue weighted by Gasteiger charge is 2.78. The lowest BCUT2D eigenvalue weighted by Crippen LogP contribution is -2.81. The summed E-state index contributed by atoms with van der Waals surface area (Å²) in [5.41, 5.74) is -7.12. The molecule has 19 nitrogen and oxygen atoms in total. The van der Waals surface area contributed by atoms with Gasteiger partial charge in [-0.05, 0) is 54.1 Å². The lowest BCUT2D eigenvalue weighted by molar-refractivity contribution is -0.464. The van der Waals surface area contributed by atoms with E-state index in [1.165, 1.54) is 26.0 Å². The standard InChI is InChI=1S/C45H55NO18S/c1-24(27-14-9-7-10-15-27)36(59-33(50)22-56-32(49)18-13-19-65-64-63-62-46)41(54)58-29-21-45(55)39(60-40(53)28-16-11-8-12-17-28)37-43(6,38(52)35(51)34(25(29)2)42(45,4)5)30(48)20-31-44(37,23-57-31)61-26(3)47/h7-12,14-17,24,29-31,35-37,39,48,51,55H,13,18-23,46H2,1-6H3/t24-,29-,30-,31+,35+,36+,37-,39?,43+,44-,45+/m0/s1. The Hall–Kier alpha value is -4.77. The molecule has 65 heavy (non-hydrogen) atoms. The van der Waals surface area contributed by atoms with Gasteiger partial charge in [-0.2, -0.15) is 5.90 Å². The normalized spacial score (nSPS) is 31.0. The summed E-state index contributed by atoms with van der Waals surface area (Å²) in [6.07, 6.45) is -10.2. The van der Waals surface area contributed by atoms with Crippen molar-refractivity contribution in [2.75, 3.05) is 19.0 Å². The van der Waals surface area contributed by atoms with Crippen LogP contribution in [-0.4, -0.2) is 118 Å². The molecule has 354 valence electrons. The molecule has 3 fully saturated rings. The Bertz CT molecular complexity index is 2140. The quantitative estimate of drug-likeness (QED) is 0.0338. The number of carbonyl (C=O) groups is 6. The molecule has 1 unspecified atom stereocenters. The molecule has 20 heteroatoms. The first kappa shape index (κ1) is 49.7. The number of esters is 5. The van der Waals surface area contributed by atoms with E-state index in [2.05, 4.69) is 20.3 Å². The van der Waals surface area contributed by atoms with E-state index in [0.29, 0.717) is 5.56 Å². The molecule has 0 radical (unpaired) electrons. The number of Topliss-reactive ketones (excluding diaryl/α,β-unsaturated/α-hetero) is 1. The van der Waals surface area contributed by atoms with Crippen molar-refractivity contribution in [1.29, 1.82) is 0 Å². The average Bonchev–Trinajstić information content (AvgIpc) is 3.27. The van der Waals surface area contributed by atoms with Gasteiger partial charge in [0, 0.05) is 55.3 Å². The summed E-state index contributed by atoms with van der Waals surface area (Å²) in [5.74, 6) is -3.03. The molecule has 0 spiro atoms. The molecule has 3 aliphatic carbocycles. The second kappa shape index (κ2) is 20.0. The Balaban J connectivity index is 1.38. The van der Waals surface area contributed by atoms with Crippen molar-refractivity contribution in [1.82, 2.24) is 0 Å². The maximum Gasteiger partial charge on any atom is 0.348 e. The number of carbonyl (C=O) groups excluding carboxylic acids is 6. The molecule has 11 atom stereocenters. The fourth-order valence-corrected chi connectivity index (χ4v) is 10.4. The highest BCUT2D eigenvalue weighted by molar-refractivity contribution is 7.94. The van der Waals surface area contributed by atoms with E-state index in [-0.39, 0.29) is 48.3 Å². The van der Waals surface area contributed by atoms with Crippen molar-refractivity contribution in [3.63, 3.8) is 0 Å². The Morgan fingerprint density at radius 1 is 0.969 bits per heavy atom. The number of benzene rings is 2. The van der Waals surface area contributed by atoms with E-state index < -0.39 is 119 Å². The van der Waals surface area contributed by atoms with Gasteiger partial charge in [0.2, 0.25) is 6.10 Å². The van der Waals surface area contributed by atoms with E-state index in [4.69, 9.17) is 28.4 Å². The molecule has 6 rings (SSSR count). The molecular formula is C45H55NO18S. The van der Waals surface area contributed by atoms with Gasteiger partial charge in [0.15, 0.2) is 18.0 Å². The zero-order valence-electron chi connectivity index (χ0n) is 36.8. The average molecular weight is 930 g/mol. The van der Waals surface area contributed by atoms with Gasteiger partial charge in [-0.25, -0.2) is 14.4 Å². The Morgan fingerprint density at radius 3 is 2.25 bits per heavy atom. The lowest BCUT2D eigenvalue weighted by atomic mass is 9.44. The second-order valence-corrected chi connectivity index (χ2v) is 18.3. The molecule has 1 heterocycles. The van der Waals surface area contributed by atoms with Crippen LogP contribution in [0.4, 0.5) is 0 Å². The summed E-state index contributed by atoms with van der Waals surface area (Å²) in [5, 5.41) is 41.8. The molecule has 1 aliphatic heterocycles. The number of ketones is 1. The predicted molar refractivity (Wildman–Crippen MR) is 224 cm³/mol. The van der Waals surface area contributed by atoms with Gasteiger partial charge >= 0.3 is 29.8 Å². The van der Waals surface area contributed by atoms with Crippen molar-refractivity contribution >= 4 is 47.7 Å². The number of aliphatic hydroxyl groups excluding tert-OH is 2. The Labute approximate surface area is 379 Å². The number of fused-ring (bicyclic) bond motifs is 5. The molecule has 1 saturated heterocycles. The van der Waals surface area contributed by atoms with Crippen LogP contribution in [0.1, 0.15) is 89.1 Å². The van der Waals surface area contributed by atoms with E-state index in [9.17, 15) is 39.3 Å². The Kier molecular flexibility index (Phi) is 15.3. The summed E-state index contributed by atoms with van der Waals surface area (Å²) in [6, 6.07) is 16.4. The summed E-state index contributed by atoms with van der Waals surface area (Å²) in [4.78, 5) is 86.2. The molecule has 0 amide bonds. The lowest BCUT2D eigenvalue weighted by Gasteiger charge is -2.67. The van der Waals surface area contributed by atoms with Crippen LogP contribution in [0.25, 0.3) is 0 Å². The number of ether oxygens (including phenoxy) is 6. The van der Waals surface area contributed by atoms with Gasteiger partial charge in [-0.3, -0.25) is 14.4 Å². The first-order valence-electron chi connectivity index (χ1n) is 21.1. The number of aliphatic hydroxyl groups is 3. The third-order valence-corrected chi connectivity index (χ3v) is 14.1. The molecular weight excluding hydrogens is 875 g/mol. The van der Waals surface area contributed by atoms with Crippen LogP contribution in [-0.2, 0) is 66.8 Å². The van der Waals surface area contributed by atoms with E-state index in [1.807, 2.05) is 0 Å². The van der Waals surface area contributed by atoms with Crippen LogP contribution >= 0.6 is 12.0 Å². The van der Waals surface area contributed by atoms with Crippen LogP contribution in [0, 0.1) is 16.7 Å². The highest BCUT2D eigenvalue weighted by Crippen LogP contribution is 2.64. The molecule has 2 aromatic carbocycles. The predicted octanol–water partition coefficient (Wildman–Crippen LogP) is 3.07. The summed E-state index contributed by atoms with van der Waals surface area (Å²) < 4.78 is 39.7. The Morgan fingerprint density at radius 2 is 1.63 bits per heavy atom. The summed E-state index contributed by atoms with van der Waals surface area (Å²) in [6.45, 7) is 7.56. The third kappa shape index (κ3) is 9.46. The molecule has 4 aliphatic rings. The van der Waals surface area contributed by atoms with Crippen LogP contribution in [0.2, 0.25) is 0 Å². The molecule has 5 N–H and O–H groups in total. The fourth-order valence-electron chi connectivity index (χ4n) is 10.00. The number of nitrogens with two attached hydrogens (primary N) is 1. The zero-order valence-corrected chi connectivity index (χ0v) is 37.6. The van der Waals surface area contributed by atoms with Gasteiger partial charge in [0.05, 0.1) is 29.6 Å². The van der Waals surface area contributed by atoms with Gasteiger partial charge in [0.25, 0.3) is 0 Å². The summed E-state index contributed by atoms with van der Waals surface area (Å²) >= 11 is 0.807.